The van der Waals surface area contributed by atoms with Crippen LogP contribution in [0.25, 0.3) is 10.4 Å². The fourth-order valence-electron chi connectivity index (χ4n) is 1.38. The van der Waals surface area contributed by atoms with Gasteiger partial charge in [-0.15, -0.1) is 0 Å². The second-order valence-corrected chi connectivity index (χ2v) is 4.41. The molecule has 0 unspecified atom stereocenters. The van der Waals surface area contributed by atoms with Gasteiger partial charge in [0.25, 0.3) is 0 Å². The highest BCUT2D eigenvalue weighted by atomic mass is 35.5. The van der Waals surface area contributed by atoms with Gasteiger partial charge >= 0.3 is 0 Å². The lowest BCUT2D eigenvalue weighted by Crippen LogP contribution is -1.87. The summed E-state index contributed by atoms with van der Waals surface area (Å²) in [4.78, 5) is 1.02. The minimum absolute atomic E-state index is 0.526. The lowest BCUT2D eigenvalue weighted by atomic mass is 10.1. The van der Waals surface area contributed by atoms with Crippen molar-refractivity contribution in [2.45, 2.75) is 6.92 Å². The molecule has 2 aromatic rings. The molecule has 0 fully saturated rings. The molecule has 0 radical (unpaired) electrons. The zero-order valence-electron chi connectivity index (χ0n) is 8.45. The molecule has 0 N–H and O–H groups in total. The van der Waals surface area contributed by atoms with Crippen LogP contribution < -0.4 is 4.74 Å². The molecule has 0 saturated heterocycles. The first-order valence-electron chi connectivity index (χ1n) is 4.48. The number of methoxy groups -OCH3 is 1. The molecule has 2 nitrogen and oxygen atoms in total. The van der Waals surface area contributed by atoms with Crippen molar-refractivity contribution in [1.29, 1.82) is 0 Å². The molecule has 0 atom stereocenters. The van der Waals surface area contributed by atoms with Crippen LogP contribution >= 0.6 is 23.1 Å². The number of ether oxygens (including phenoxy) is 1. The van der Waals surface area contributed by atoms with Crippen LogP contribution in [-0.4, -0.2) is 11.5 Å². The number of aromatic nitrogens is 1. The maximum atomic E-state index is 5.80. The lowest BCUT2D eigenvalue weighted by Gasteiger charge is -2.06. The molecular weight excluding hydrogens is 230 g/mol. The van der Waals surface area contributed by atoms with E-state index in [0.717, 1.165) is 16.2 Å². The van der Waals surface area contributed by atoms with Gasteiger partial charge < -0.3 is 4.74 Å². The molecule has 1 aromatic heterocycles. The maximum absolute atomic E-state index is 5.80. The highest BCUT2D eigenvalue weighted by molar-refractivity contribution is 7.10. The number of halogens is 1. The van der Waals surface area contributed by atoms with E-state index in [0.29, 0.717) is 5.15 Å². The number of hydrogen-bond acceptors (Lipinski definition) is 3. The molecule has 0 bridgehead atoms. The molecule has 0 saturated carbocycles. The van der Waals surface area contributed by atoms with E-state index in [-0.39, 0.29) is 0 Å². The molecule has 1 heterocycles. The molecular formula is C11H10ClNOS. The first kappa shape index (κ1) is 10.5. The van der Waals surface area contributed by atoms with E-state index >= 15 is 0 Å². The van der Waals surface area contributed by atoms with Crippen LogP contribution in [0.2, 0.25) is 5.15 Å². The van der Waals surface area contributed by atoms with Crippen molar-refractivity contribution >= 4 is 23.1 Å². The average Bonchev–Trinajstić information content (AvgIpc) is 2.64. The van der Waals surface area contributed by atoms with Crippen molar-refractivity contribution in [3.8, 4) is 16.2 Å². The Bertz CT molecular complexity index is 481. The predicted octanol–water partition coefficient (Wildman–Crippen LogP) is 3.78. The molecule has 2 rings (SSSR count). The van der Waals surface area contributed by atoms with Crippen LogP contribution in [0.5, 0.6) is 5.75 Å². The Hall–Kier alpha value is -1.06. The fourth-order valence-corrected chi connectivity index (χ4v) is 2.33. The summed E-state index contributed by atoms with van der Waals surface area (Å²) in [7, 11) is 1.67. The Morgan fingerprint density at radius 3 is 2.73 bits per heavy atom. The number of nitrogens with zero attached hydrogens (tertiary/aromatic N) is 1. The number of hydrogen-bond donors (Lipinski definition) is 0. The van der Waals surface area contributed by atoms with E-state index < -0.39 is 0 Å². The Morgan fingerprint density at radius 1 is 1.33 bits per heavy atom. The number of benzene rings is 1. The van der Waals surface area contributed by atoms with Gasteiger partial charge in [-0.1, -0.05) is 17.7 Å². The molecule has 0 aliphatic carbocycles. The normalized spacial score (nSPS) is 10.3. The second-order valence-electron chi connectivity index (χ2n) is 3.22. The summed E-state index contributed by atoms with van der Waals surface area (Å²) in [5.41, 5.74) is 2.21. The van der Waals surface area contributed by atoms with Gasteiger partial charge in [-0.3, -0.25) is 0 Å². The molecule has 0 aliphatic rings. The maximum Gasteiger partial charge on any atom is 0.143 e. The van der Waals surface area contributed by atoms with Gasteiger partial charge in [0, 0.05) is 5.56 Å². The highest BCUT2D eigenvalue weighted by Crippen LogP contribution is 2.34. The zero-order valence-corrected chi connectivity index (χ0v) is 10.0. The van der Waals surface area contributed by atoms with Crippen LogP contribution in [0.3, 0.4) is 0 Å². The quantitative estimate of drug-likeness (QED) is 0.796. The topological polar surface area (TPSA) is 22.1 Å². The van der Waals surface area contributed by atoms with E-state index in [1.165, 1.54) is 17.1 Å². The number of rotatable bonds is 2. The third-order valence-corrected chi connectivity index (χ3v) is 3.22. The van der Waals surface area contributed by atoms with E-state index in [2.05, 4.69) is 4.37 Å². The average molecular weight is 240 g/mol. The summed E-state index contributed by atoms with van der Waals surface area (Å²) in [5, 5.41) is 0.526. The minimum atomic E-state index is 0.526. The van der Waals surface area contributed by atoms with E-state index in [9.17, 15) is 0 Å². The summed E-state index contributed by atoms with van der Waals surface area (Å²) >= 11 is 7.17. The van der Waals surface area contributed by atoms with Crippen molar-refractivity contribution in [1.82, 2.24) is 4.37 Å². The summed E-state index contributed by atoms with van der Waals surface area (Å²) in [5.74, 6) is 0.857. The SMILES string of the molecule is COc1cc(C)ccc1-c1cc(Cl)ns1. The van der Waals surface area contributed by atoms with E-state index in [4.69, 9.17) is 16.3 Å². The van der Waals surface area contributed by atoms with E-state index in [1.54, 1.807) is 7.11 Å². The van der Waals surface area contributed by atoms with Crippen LogP contribution in [0.15, 0.2) is 24.3 Å². The van der Waals surface area contributed by atoms with Crippen molar-refractivity contribution in [2.75, 3.05) is 7.11 Å². The molecule has 0 amide bonds. The standard InChI is InChI=1S/C11H10ClNOS/c1-7-3-4-8(9(5-7)14-2)10-6-11(12)13-15-10/h3-6H,1-2H3. The highest BCUT2D eigenvalue weighted by Gasteiger charge is 2.08. The molecule has 0 aliphatic heterocycles. The van der Waals surface area contributed by atoms with Gasteiger partial charge in [-0.2, -0.15) is 4.37 Å². The van der Waals surface area contributed by atoms with Gasteiger partial charge in [-0.05, 0) is 42.2 Å². The number of aryl methyl sites for hydroxylation is 1. The minimum Gasteiger partial charge on any atom is -0.496 e. The Morgan fingerprint density at radius 2 is 2.13 bits per heavy atom. The Kier molecular flexibility index (Phi) is 2.93. The Labute approximate surface area is 97.6 Å². The fraction of sp³-hybridized carbons (Fsp3) is 0.182. The first-order chi connectivity index (χ1) is 7.20. The van der Waals surface area contributed by atoms with Crippen molar-refractivity contribution in [3.05, 3.63) is 35.0 Å². The summed E-state index contributed by atoms with van der Waals surface area (Å²) < 4.78 is 9.37. The lowest BCUT2D eigenvalue weighted by molar-refractivity contribution is 0.416. The van der Waals surface area contributed by atoms with Crippen molar-refractivity contribution in [3.63, 3.8) is 0 Å². The first-order valence-corrected chi connectivity index (χ1v) is 5.63. The molecule has 4 heteroatoms. The van der Waals surface area contributed by atoms with Gasteiger partial charge in [0.05, 0.1) is 12.0 Å². The molecule has 1 aromatic carbocycles. The Balaban J connectivity index is 2.52. The van der Waals surface area contributed by atoms with Gasteiger partial charge in [0.15, 0.2) is 0 Å². The molecule has 78 valence electrons. The zero-order chi connectivity index (χ0) is 10.8. The van der Waals surface area contributed by atoms with E-state index in [1.807, 2.05) is 31.2 Å². The van der Waals surface area contributed by atoms with Gasteiger partial charge in [0.2, 0.25) is 0 Å². The second kappa shape index (κ2) is 4.21. The van der Waals surface area contributed by atoms with Crippen LogP contribution in [0.4, 0.5) is 0 Å². The van der Waals surface area contributed by atoms with Crippen LogP contribution in [-0.2, 0) is 0 Å². The van der Waals surface area contributed by atoms with Gasteiger partial charge in [-0.25, -0.2) is 0 Å². The summed E-state index contributed by atoms with van der Waals surface area (Å²) in [6, 6.07) is 7.92. The van der Waals surface area contributed by atoms with Crippen LogP contribution in [0, 0.1) is 6.92 Å². The van der Waals surface area contributed by atoms with Crippen molar-refractivity contribution < 1.29 is 4.74 Å². The smallest absolute Gasteiger partial charge is 0.143 e. The summed E-state index contributed by atoms with van der Waals surface area (Å²) in [6.45, 7) is 2.03. The third-order valence-electron chi connectivity index (χ3n) is 2.10. The van der Waals surface area contributed by atoms with Crippen molar-refractivity contribution in [2.24, 2.45) is 0 Å². The molecule has 0 spiro atoms. The van der Waals surface area contributed by atoms with Gasteiger partial charge in [0.1, 0.15) is 10.9 Å². The largest absolute Gasteiger partial charge is 0.496 e. The predicted molar refractivity (Wildman–Crippen MR) is 63.8 cm³/mol. The monoisotopic (exact) mass is 239 g/mol. The molecule has 15 heavy (non-hydrogen) atoms. The third kappa shape index (κ3) is 2.13. The van der Waals surface area contributed by atoms with Crippen LogP contribution in [0.1, 0.15) is 5.56 Å². The summed E-state index contributed by atoms with van der Waals surface area (Å²) in [6.07, 6.45) is 0.